The third-order valence-electron chi connectivity index (χ3n) is 2.10. The summed E-state index contributed by atoms with van der Waals surface area (Å²) in [6.07, 6.45) is 1.80. The molecule has 0 spiro atoms. The van der Waals surface area contributed by atoms with E-state index in [0.717, 1.165) is 11.3 Å². The Hall–Kier alpha value is -1.44. The Kier molecular flexibility index (Phi) is 3.57. The summed E-state index contributed by atoms with van der Waals surface area (Å²) in [5.74, 6) is 0.664. The topological polar surface area (TPSA) is 32.3 Å². The summed E-state index contributed by atoms with van der Waals surface area (Å²) in [4.78, 5) is 0. The molecule has 76 valence electrons. The highest BCUT2D eigenvalue weighted by Gasteiger charge is 2.10. The number of nitrogens with one attached hydrogen (secondary N) is 1. The molecule has 2 N–H and O–H groups in total. The second kappa shape index (κ2) is 4.70. The van der Waals surface area contributed by atoms with Crippen molar-refractivity contribution >= 4 is 5.69 Å². The van der Waals surface area contributed by atoms with Crippen molar-refractivity contribution in [3.8, 4) is 5.75 Å². The van der Waals surface area contributed by atoms with Crippen LogP contribution in [0, 0.1) is 0 Å². The zero-order valence-corrected chi connectivity index (χ0v) is 8.75. The van der Waals surface area contributed by atoms with Gasteiger partial charge in [-0.1, -0.05) is 26.0 Å². The highest BCUT2D eigenvalue weighted by atomic mass is 16.3. The molecule has 0 radical (unpaired) electrons. The average Bonchev–Trinajstić information content (AvgIpc) is 2.14. The predicted octanol–water partition coefficient (Wildman–Crippen LogP) is 3.11. The SMILES string of the molecule is C=CCNc1cccc(O)c1C(C)C. The minimum atomic E-state index is 0.309. The lowest BCUT2D eigenvalue weighted by atomic mass is 10.00. The Balaban J connectivity index is 3.01. The van der Waals surface area contributed by atoms with E-state index in [0.29, 0.717) is 18.2 Å². The van der Waals surface area contributed by atoms with Crippen LogP contribution in [0.4, 0.5) is 5.69 Å². The number of anilines is 1. The second-order valence-electron chi connectivity index (χ2n) is 3.56. The largest absolute Gasteiger partial charge is 0.508 e. The summed E-state index contributed by atoms with van der Waals surface area (Å²) < 4.78 is 0. The normalized spacial score (nSPS) is 10.2. The fraction of sp³-hybridized carbons (Fsp3) is 0.333. The number of aromatic hydroxyl groups is 1. The van der Waals surface area contributed by atoms with Gasteiger partial charge in [-0.2, -0.15) is 0 Å². The molecule has 0 bridgehead atoms. The van der Waals surface area contributed by atoms with Crippen LogP contribution in [0.1, 0.15) is 25.3 Å². The lowest BCUT2D eigenvalue weighted by Crippen LogP contribution is -2.02. The van der Waals surface area contributed by atoms with Crippen LogP contribution in [0.5, 0.6) is 5.75 Å². The minimum absolute atomic E-state index is 0.309. The Bertz CT molecular complexity index is 318. The average molecular weight is 191 g/mol. The molecule has 0 heterocycles. The molecule has 1 aromatic rings. The minimum Gasteiger partial charge on any atom is -0.508 e. The van der Waals surface area contributed by atoms with E-state index in [1.54, 1.807) is 12.1 Å². The number of rotatable bonds is 4. The predicted molar refractivity (Wildman–Crippen MR) is 60.9 cm³/mol. The molecule has 1 rings (SSSR count). The Morgan fingerprint density at radius 2 is 2.21 bits per heavy atom. The Morgan fingerprint density at radius 1 is 1.50 bits per heavy atom. The summed E-state index contributed by atoms with van der Waals surface area (Å²) in [6, 6.07) is 5.53. The van der Waals surface area contributed by atoms with Gasteiger partial charge in [0.2, 0.25) is 0 Å². The summed E-state index contributed by atoms with van der Waals surface area (Å²) >= 11 is 0. The van der Waals surface area contributed by atoms with E-state index < -0.39 is 0 Å². The third kappa shape index (κ3) is 2.28. The molecule has 2 heteroatoms. The first-order valence-electron chi connectivity index (χ1n) is 4.83. The van der Waals surface area contributed by atoms with Crippen molar-refractivity contribution in [2.75, 3.05) is 11.9 Å². The van der Waals surface area contributed by atoms with Gasteiger partial charge in [-0.15, -0.1) is 6.58 Å². The van der Waals surface area contributed by atoms with Crippen molar-refractivity contribution < 1.29 is 5.11 Å². The van der Waals surface area contributed by atoms with Gasteiger partial charge in [0.1, 0.15) is 5.75 Å². The molecule has 0 aliphatic carbocycles. The number of phenols is 1. The van der Waals surface area contributed by atoms with Crippen molar-refractivity contribution in [2.24, 2.45) is 0 Å². The zero-order valence-electron chi connectivity index (χ0n) is 8.75. The summed E-state index contributed by atoms with van der Waals surface area (Å²) in [7, 11) is 0. The molecular formula is C12H17NO. The number of hydrogen-bond acceptors (Lipinski definition) is 2. The van der Waals surface area contributed by atoms with Gasteiger partial charge in [-0.25, -0.2) is 0 Å². The van der Waals surface area contributed by atoms with Crippen LogP contribution in [-0.2, 0) is 0 Å². The van der Waals surface area contributed by atoms with E-state index in [9.17, 15) is 5.11 Å². The fourth-order valence-corrected chi connectivity index (χ4v) is 1.50. The standard InChI is InChI=1S/C12H17NO/c1-4-8-13-10-6-5-7-11(14)12(10)9(2)3/h4-7,9,13-14H,1,8H2,2-3H3. The zero-order chi connectivity index (χ0) is 10.6. The van der Waals surface area contributed by atoms with Gasteiger partial charge in [-0.05, 0) is 18.1 Å². The molecule has 0 fully saturated rings. The third-order valence-corrected chi connectivity index (χ3v) is 2.10. The second-order valence-corrected chi connectivity index (χ2v) is 3.56. The van der Waals surface area contributed by atoms with Crippen molar-refractivity contribution in [3.63, 3.8) is 0 Å². The van der Waals surface area contributed by atoms with Gasteiger partial charge in [-0.3, -0.25) is 0 Å². The van der Waals surface area contributed by atoms with Gasteiger partial charge in [0.05, 0.1) is 0 Å². The van der Waals surface area contributed by atoms with Crippen LogP contribution in [0.3, 0.4) is 0 Å². The maximum Gasteiger partial charge on any atom is 0.121 e. The van der Waals surface area contributed by atoms with Crippen LogP contribution in [0.2, 0.25) is 0 Å². The van der Waals surface area contributed by atoms with Crippen LogP contribution in [0.25, 0.3) is 0 Å². The first kappa shape index (κ1) is 10.6. The molecular weight excluding hydrogens is 174 g/mol. The summed E-state index contributed by atoms with van der Waals surface area (Å²) in [5.41, 5.74) is 1.95. The van der Waals surface area contributed by atoms with Gasteiger partial charge in [0.15, 0.2) is 0 Å². The number of phenolic OH excluding ortho intramolecular Hbond substituents is 1. The van der Waals surface area contributed by atoms with Gasteiger partial charge in [0, 0.05) is 17.8 Å². The van der Waals surface area contributed by atoms with Crippen molar-refractivity contribution in [1.82, 2.24) is 0 Å². The van der Waals surface area contributed by atoms with Crippen LogP contribution >= 0.6 is 0 Å². The lowest BCUT2D eigenvalue weighted by molar-refractivity contribution is 0.465. The van der Waals surface area contributed by atoms with E-state index in [1.807, 2.05) is 12.1 Å². The Morgan fingerprint density at radius 3 is 2.79 bits per heavy atom. The smallest absolute Gasteiger partial charge is 0.121 e. The molecule has 0 aliphatic rings. The Labute approximate surface area is 85.3 Å². The van der Waals surface area contributed by atoms with Gasteiger partial charge in [0.25, 0.3) is 0 Å². The lowest BCUT2D eigenvalue weighted by Gasteiger charge is -2.15. The molecule has 0 amide bonds. The molecule has 2 nitrogen and oxygen atoms in total. The monoisotopic (exact) mass is 191 g/mol. The van der Waals surface area contributed by atoms with Crippen LogP contribution in [0.15, 0.2) is 30.9 Å². The molecule has 0 saturated carbocycles. The molecule has 0 aliphatic heterocycles. The molecule has 0 aromatic heterocycles. The molecule has 0 unspecified atom stereocenters. The van der Waals surface area contributed by atoms with E-state index >= 15 is 0 Å². The molecule has 14 heavy (non-hydrogen) atoms. The van der Waals surface area contributed by atoms with Gasteiger partial charge < -0.3 is 10.4 Å². The number of benzene rings is 1. The maximum atomic E-state index is 9.70. The highest BCUT2D eigenvalue weighted by molar-refractivity contribution is 5.58. The van der Waals surface area contributed by atoms with Crippen LogP contribution < -0.4 is 5.32 Å². The van der Waals surface area contributed by atoms with E-state index in [2.05, 4.69) is 25.7 Å². The summed E-state index contributed by atoms with van der Waals surface area (Å²) in [5, 5.41) is 12.9. The quantitative estimate of drug-likeness (QED) is 0.717. The molecule has 1 aromatic carbocycles. The first-order valence-corrected chi connectivity index (χ1v) is 4.83. The van der Waals surface area contributed by atoms with Crippen LogP contribution in [-0.4, -0.2) is 11.7 Å². The molecule has 0 saturated heterocycles. The first-order chi connectivity index (χ1) is 6.66. The fourth-order valence-electron chi connectivity index (χ4n) is 1.50. The highest BCUT2D eigenvalue weighted by Crippen LogP contribution is 2.32. The van der Waals surface area contributed by atoms with E-state index in [1.165, 1.54) is 0 Å². The van der Waals surface area contributed by atoms with E-state index in [4.69, 9.17) is 0 Å². The van der Waals surface area contributed by atoms with Crippen molar-refractivity contribution in [3.05, 3.63) is 36.4 Å². The van der Waals surface area contributed by atoms with Crippen molar-refractivity contribution in [1.29, 1.82) is 0 Å². The van der Waals surface area contributed by atoms with Gasteiger partial charge >= 0.3 is 0 Å². The maximum absolute atomic E-state index is 9.70. The molecule has 0 atom stereocenters. The number of hydrogen-bond donors (Lipinski definition) is 2. The van der Waals surface area contributed by atoms with E-state index in [-0.39, 0.29) is 0 Å². The summed E-state index contributed by atoms with van der Waals surface area (Å²) in [6.45, 7) is 8.49. The van der Waals surface area contributed by atoms with Crippen molar-refractivity contribution in [2.45, 2.75) is 19.8 Å².